The molecule has 3 rings (SSSR count). The van der Waals surface area contributed by atoms with Crippen molar-refractivity contribution in [2.45, 2.75) is 4.90 Å². The molecule has 8 nitrogen and oxygen atoms in total. The van der Waals surface area contributed by atoms with Gasteiger partial charge in [-0.05, 0) is 53.9 Å². The van der Waals surface area contributed by atoms with Gasteiger partial charge >= 0.3 is 5.97 Å². The molecule has 1 heterocycles. The molecule has 0 fully saturated rings. The van der Waals surface area contributed by atoms with Crippen molar-refractivity contribution in [1.29, 1.82) is 0 Å². The van der Waals surface area contributed by atoms with E-state index in [1.54, 1.807) is 30.6 Å². The predicted octanol–water partition coefficient (Wildman–Crippen LogP) is 3.69. The third-order valence-corrected chi connectivity index (χ3v) is 6.94. The van der Waals surface area contributed by atoms with Crippen molar-refractivity contribution in [3.8, 4) is 21.9 Å². The van der Waals surface area contributed by atoms with Gasteiger partial charge in [-0.15, -0.1) is 11.3 Å². The number of carboxylic acid groups (broad SMARTS) is 1. The normalized spacial score (nSPS) is 11.5. The SMILES string of the molecule is COc1cc(OC)c(-c2cccs2)cc1C=CC(=O)c1ccc(S(=O)(=O)NCC(=O)O)cc1. The second kappa shape index (κ2) is 10.4. The van der Waals surface area contributed by atoms with E-state index in [2.05, 4.69) is 0 Å². The van der Waals surface area contributed by atoms with Crippen LogP contribution in [0.15, 0.2) is 64.9 Å². The highest BCUT2D eigenvalue weighted by atomic mass is 32.2. The van der Waals surface area contributed by atoms with E-state index in [-0.39, 0.29) is 16.2 Å². The molecule has 0 atom stereocenters. The molecule has 0 unspecified atom stereocenters. The lowest BCUT2D eigenvalue weighted by Crippen LogP contribution is -2.29. The van der Waals surface area contributed by atoms with Crippen molar-refractivity contribution in [2.24, 2.45) is 0 Å². The van der Waals surface area contributed by atoms with Gasteiger partial charge in [0, 0.05) is 27.6 Å². The van der Waals surface area contributed by atoms with E-state index in [0.29, 0.717) is 17.1 Å². The van der Waals surface area contributed by atoms with Crippen LogP contribution in [-0.2, 0) is 14.8 Å². The number of nitrogens with one attached hydrogen (secondary N) is 1. The van der Waals surface area contributed by atoms with E-state index in [1.165, 1.54) is 37.5 Å². The largest absolute Gasteiger partial charge is 0.496 e. The van der Waals surface area contributed by atoms with Crippen LogP contribution >= 0.6 is 11.3 Å². The molecule has 3 aromatic rings. The first-order valence-electron chi connectivity index (χ1n) is 9.59. The average Bonchev–Trinajstić information content (AvgIpc) is 3.35. The van der Waals surface area contributed by atoms with Gasteiger partial charge in [-0.1, -0.05) is 6.07 Å². The van der Waals surface area contributed by atoms with E-state index in [9.17, 15) is 18.0 Å². The first kappa shape index (κ1) is 24.2. The number of ether oxygens (including phenoxy) is 2. The summed E-state index contributed by atoms with van der Waals surface area (Å²) in [5, 5.41) is 10.6. The van der Waals surface area contributed by atoms with Crippen molar-refractivity contribution in [3.63, 3.8) is 0 Å². The van der Waals surface area contributed by atoms with Gasteiger partial charge in [0.05, 0.1) is 19.1 Å². The average molecular weight is 488 g/mol. The van der Waals surface area contributed by atoms with Gasteiger partial charge in [0.25, 0.3) is 0 Å². The Balaban J connectivity index is 1.84. The maximum atomic E-state index is 12.6. The highest BCUT2D eigenvalue weighted by Crippen LogP contribution is 2.38. The van der Waals surface area contributed by atoms with Crippen LogP contribution in [0.25, 0.3) is 16.5 Å². The summed E-state index contributed by atoms with van der Waals surface area (Å²) < 4.78 is 37.0. The van der Waals surface area contributed by atoms with Crippen LogP contribution < -0.4 is 14.2 Å². The molecule has 2 aromatic carbocycles. The molecule has 0 aliphatic carbocycles. The number of aliphatic carboxylic acids is 1. The van der Waals surface area contributed by atoms with Crippen LogP contribution in [-0.4, -0.2) is 46.0 Å². The lowest BCUT2D eigenvalue weighted by Gasteiger charge is -2.12. The first-order chi connectivity index (χ1) is 15.7. The molecule has 0 spiro atoms. The van der Waals surface area contributed by atoms with Crippen molar-refractivity contribution in [2.75, 3.05) is 20.8 Å². The number of hydrogen-bond acceptors (Lipinski definition) is 7. The molecule has 0 saturated heterocycles. The zero-order valence-corrected chi connectivity index (χ0v) is 19.4. The fourth-order valence-electron chi connectivity index (χ4n) is 2.98. The van der Waals surface area contributed by atoms with Crippen molar-refractivity contribution in [3.05, 3.63) is 71.1 Å². The second-order valence-corrected chi connectivity index (χ2v) is 9.43. The number of benzene rings is 2. The van der Waals surface area contributed by atoms with E-state index in [0.717, 1.165) is 10.4 Å². The molecule has 2 N–H and O–H groups in total. The minimum atomic E-state index is -3.98. The number of ketones is 1. The maximum absolute atomic E-state index is 12.6. The fourth-order valence-corrected chi connectivity index (χ4v) is 4.70. The molecule has 0 saturated carbocycles. The Morgan fingerprint density at radius 3 is 2.33 bits per heavy atom. The zero-order valence-electron chi connectivity index (χ0n) is 17.8. The molecule has 33 heavy (non-hydrogen) atoms. The van der Waals surface area contributed by atoms with Gasteiger partial charge in [0.2, 0.25) is 10.0 Å². The summed E-state index contributed by atoms with van der Waals surface area (Å²) in [5.74, 6) is -0.465. The maximum Gasteiger partial charge on any atom is 0.318 e. The fraction of sp³-hybridized carbons (Fsp3) is 0.130. The number of carboxylic acids is 1. The summed E-state index contributed by atoms with van der Waals surface area (Å²) in [7, 11) is -0.883. The van der Waals surface area contributed by atoms with Crippen molar-refractivity contribution in [1.82, 2.24) is 4.72 Å². The van der Waals surface area contributed by atoms with Crippen LogP contribution in [0.2, 0.25) is 0 Å². The van der Waals surface area contributed by atoms with E-state index in [1.807, 2.05) is 28.3 Å². The molecule has 172 valence electrons. The third kappa shape index (κ3) is 5.86. The summed E-state index contributed by atoms with van der Waals surface area (Å²) >= 11 is 1.56. The Morgan fingerprint density at radius 1 is 1.06 bits per heavy atom. The summed E-state index contributed by atoms with van der Waals surface area (Å²) in [6.07, 6.45) is 2.99. The lowest BCUT2D eigenvalue weighted by atomic mass is 10.0. The summed E-state index contributed by atoms with van der Waals surface area (Å²) in [6.45, 7) is -0.733. The Labute approximate surface area is 195 Å². The molecule has 0 amide bonds. The number of methoxy groups -OCH3 is 2. The van der Waals surface area contributed by atoms with Gasteiger partial charge in [0.15, 0.2) is 5.78 Å². The molecule has 0 aliphatic rings. The molecule has 1 aromatic heterocycles. The van der Waals surface area contributed by atoms with Crippen LogP contribution in [0.1, 0.15) is 15.9 Å². The summed E-state index contributed by atoms with van der Waals surface area (Å²) in [6, 6.07) is 12.7. The van der Waals surface area contributed by atoms with E-state index >= 15 is 0 Å². The standard InChI is InChI=1S/C23H21NO7S2/c1-30-20-13-21(31-2)18(22-4-3-11-32-22)12-16(20)7-10-19(25)15-5-8-17(9-6-15)33(28,29)24-14-23(26)27/h3-13,24H,14H2,1-2H3,(H,26,27). The number of rotatable bonds is 10. The number of allylic oxidation sites excluding steroid dienone is 1. The summed E-state index contributed by atoms with van der Waals surface area (Å²) in [5.41, 5.74) is 1.81. The highest BCUT2D eigenvalue weighted by molar-refractivity contribution is 7.89. The number of carbonyl (C=O) groups is 2. The number of sulfonamides is 1. The predicted molar refractivity (Wildman–Crippen MR) is 125 cm³/mol. The first-order valence-corrected chi connectivity index (χ1v) is 12.0. The second-order valence-electron chi connectivity index (χ2n) is 6.71. The Morgan fingerprint density at radius 2 is 1.76 bits per heavy atom. The van der Waals surface area contributed by atoms with Crippen LogP contribution in [0.4, 0.5) is 0 Å². The molecular formula is C23H21NO7S2. The van der Waals surface area contributed by atoms with Crippen molar-refractivity contribution >= 4 is 39.2 Å². The quantitative estimate of drug-likeness (QED) is 0.331. The number of hydrogen-bond donors (Lipinski definition) is 2. The van der Waals surface area contributed by atoms with Gasteiger partial charge in [0.1, 0.15) is 18.0 Å². The molecule has 0 radical (unpaired) electrons. The monoisotopic (exact) mass is 487 g/mol. The minimum absolute atomic E-state index is 0.137. The lowest BCUT2D eigenvalue weighted by molar-refractivity contribution is -0.135. The van der Waals surface area contributed by atoms with Crippen LogP contribution in [0, 0.1) is 0 Å². The summed E-state index contributed by atoms with van der Waals surface area (Å²) in [4.78, 5) is 24.1. The number of thiophene rings is 1. The van der Waals surface area contributed by atoms with Gasteiger partial charge in [-0.3, -0.25) is 9.59 Å². The van der Waals surface area contributed by atoms with Crippen LogP contribution in [0.3, 0.4) is 0 Å². The smallest absolute Gasteiger partial charge is 0.318 e. The Kier molecular flexibility index (Phi) is 7.64. The molecular weight excluding hydrogens is 466 g/mol. The van der Waals surface area contributed by atoms with E-state index < -0.39 is 22.5 Å². The molecule has 0 aliphatic heterocycles. The van der Waals surface area contributed by atoms with Gasteiger partial charge in [-0.25, -0.2) is 8.42 Å². The van der Waals surface area contributed by atoms with Gasteiger partial charge in [-0.2, -0.15) is 4.72 Å². The number of carbonyl (C=O) groups excluding carboxylic acids is 1. The third-order valence-electron chi connectivity index (χ3n) is 4.62. The van der Waals surface area contributed by atoms with Crippen LogP contribution in [0.5, 0.6) is 11.5 Å². The van der Waals surface area contributed by atoms with E-state index in [4.69, 9.17) is 14.6 Å². The topological polar surface area (TPSA) is 119 Å². The molecule has 10 heteroatoms. The minimum Gasteiger partial charge on any atom is -0.496 e. The zero-order chi connectivity index (χ0) is 24.0. The molecule has 0 bridgehead atoms. The van der Waals surface area contributed by atoms with Gasteiger partial charge < -0.3 is 14.6 Å². The Bertz CT molecular complexity index is 1280. The highest BCUT2D eigenvalue weighted by Gasteiger charge is 2.16. The van der Waals surface area contributed by atoms with Crippen molar-refractivity contribution < 1.29 is 32.6 Å². The Hall–Kier alpha value is -3.47.